The van der Waals surface area contributed by atoms with E-state index in [4.69, 9.17) is 5.73 Å². The molecule has 0 aromatic heterocycles. The van der Waals surface area contributed by atoms with Gasteiger partial charge >= 0.3 is 6.03 Å². The van der Waals surface area contributed by atoms with Gasteiger partial charge in [-0.2, -0.15) is 0 Å². The van der Waals surface area contributed by atoms with Crippen LogP contribution in [0.3, 0.4) is 0 Å². The number of rotatable bonds is 12. The number of hydrogen-bond acceptors (Lipinski definition) is 7. The monoisotopic (exact) mass is 679 g/mol. The predicted octanol–water partition coefficient (Wildman–Crippen LogP) is 2.68. The van der Waals surface area contributed by atoms with Gasteiger partial charge in [0.15, 0.2) is 9.84 Å². The Labute approximate surface area is 280 Å². The van der Waals surface area contributed by atoms with Gasteiger partial charge in [0.25, 0.3) is 5.91 Å². The summed E-state index contributed by atoms with van der Waals surface area (Å²) in [4.78, 5) is 67.8. The van der Waals surface area contributed by atoms with Crippen molar-refractivity contribution in [3.05, 3.63) is 0 Å². The number of piperidine rings is 1. The molecule has 13 heteroatoms. The molecule has 0 bridgehead atoms. The molecule has 0 radical (unpaired) electrons. The van der Waals surface area contributed by atoms with E-state index in [1.807, 2.05) is 34.6 Å². The van der Waals surface area contributed by atoms with E-state index < -0.39 is 73.7 Å². The number of Topliss-reactive ketones (excluding diaryl/α,β-unsaturated/α-hetero) is 1. The van der Waals surface area contributed by atoms with Crippen LogP contribution in [-0.2, 0) is 29.0 Å². The van der Waals surface area contributed by atoms with E-state index in [1.165, 1.54) is 4.90 Å². The first kappa shape index (κ1) is 37.1. The number of nitrogens with two attached hydrogens (primary N) is 1. The molecule has 4 fully saturated rings. The Morgan fingerprint density at radius 3 is 2.00 bits per heavy atom. The number of likely N-dealkylation sites (tertiary alicyclic amines) is 1. The smallest absolute Gasteiger partial charge is 0.315 e. The molecule has 1 unspecified atom stereocenters. The maximum Gasteiger partial charge on any atom is 0.315 e. The molecule has 5 amide bonds. The van der Waals surface area contributed by atoms with Crippen molar-refractivity contribution in [2.45, 2.75) is 136 Å². The normalized spacial score (nSPS) is 26.4. The van der Waals surface area contributed by atoms with Gasteiger partial charge in [-0.05, 0) is 74.5 Å². The fourth-order valence-corrected chi connectivity index (χ4v) is 8.96. The summed E-state index contributed by atoms with van der Waals surface area (Å²) in [5, 5.41) is 8.57. The molecule has 12 nitrogen and oxygen atoms in total. The number of fused-ring (bicyclic) bond motifs is 1. The van der Waals surface area contributed by atoms with Crippen molar-refractivity contribution in [2.24, 2.45) is 40.2 Å². The predicted molar refractivity (Wildman–Crippen MR) is 179 cm³/mol. The van der Waals surface area contributed by atoms with Gasteiger partial charge in [0.2, 0.25) is 17.6 Å². The average Bonchev–Trinajstić information content (AvgIpc) is 3.81. The van der Waals surface area contributed by atoms with E-state index >= 15 is 0 Å². The molecule has 266 valence electrons. The van der Waals surface area contributed by atoms with Crippen molar-refractivity contribution in [1.29, 1.82) is 0 Å². The Kier molecular flexibility index (Phi) is 10.5. The fourth-order valence-electron chi connectivity index (χ4n) is 7.63. The van der Waals surface area contributed by atoms with Gasteiger partial charge < -0.3 is 26.6 Å². The molecular formula is C34H57N5O7S. The second-order valence-corrected chi connectivity index (χ2v) is 20.0. The number of amides is 5. The first-order chi connectivity index (χ1) is 21.6. The highest BCUT2D eigenvalue weighted by molar-refractivity contribution is 7.92. The molecule has 47 heavy (non-hydrogen) atoms. The molecule has 3 saturated carbocycles. The van der Waals surface area contributed by atoms with E-state index in [0.717, 1.165) is 44.9 Å². The van der Waals surface area contributed by atoms with Crippen LogP contribution in [0.15, 0.2) is 0 Å². The highest BCUT2D eigenvalue weighted by atomic mass is 32.2. The minimum Gasteiger partial charge on any atom is -0.363 e. The zero-order chi connectivity index (χ0) is 35.3. The summed E-state index contributed by atoms with van der Waals surface area (Å²) in [6, 6.07) is -4.19. The molecule has 4 aliphatic rings. The summed E-state index contributed by atoms with van der Waals surface area (Å²) in [5.41, 5.74) is 4.34. The second-order valence-electron chi connectivity index (χ2n) is 17.2. The number of sulfone groups is 1. The summed E-state index contributed by atoms with van der Waals surface area (Å²) < 4.78 is 25.5. The lowest BCUT2D eigenvalue weighted by Crippen LogP contribution is -2.62. The summed E-state index contributed by atoms with van der Waals surface area (Å²) in [5.74, 6) is -2.92. The van der Waals surface area contributed by atoms with E-state index in [1.54, 1.807) is 20.8 Å². The van der Waals surface area contributed by atoms with E-state index in [0.29, 0.717) is 13.0 Å². The molecule has 1 saturated heterocycles. The van der Waals surface area contributed by atoms with Crippen LogP contribution < -0.4 is 21.7 Å². The quantitative estimate of drug-likeness (QED) is 0.229. The van der Waals surface area contributed by atoms with E-state index in [-0.39, 0.29) is 34.8 Å². The topological polar surface area (TPSA) is 185 Å². The Morgan fingerprint density at radius 1 is 0.894 bits per heavy atom. The molecule has 0 aromatic carbocycles. The minimum atomic E-state index is -3.55. The van der Waals surface area contributed by atoms with Crippen molar-refractivity contribution in [2.75, 3.05) is 12.3 Å². The Morgan fingerprint density at radius 2 is 1.49 bits per heavy atom. The van der Waals surface area contributed by atoms with Gasteiger partial charge in [0.1, 0.15) is 12.1 Å². The number of hydrogen-bond donors (Lipinski definition) is 4. The van der Waals surface area contributed by atoms with Crippen LogP contribution in [0, 0.1) is 34.5 Å². The Balaban J connectivity index is 1.54. The lowest BCUT2D eigenvalue weighted by molar-refractivity contribution is -0.145. The third kappa shape index (κ3) is 8.31. The van der Waals surface area contributed by atoms with E-state index in [9.17, 15) is 32.4 Å². The number of ketones is 1. The largest absolute Gasteiger partial charge is 0.363 e. The lowest BCUT2D eigenvalue weighted by atomic mass is 9.84. The second kappa shape index (κ2) is 13.3. The molecule has 3 aliphatic carbocycles. The van der Waals surface area contributed by atoms with Crippen molar-refractivity contribution in [3.8, 4) is 0 Å². The van der Waals surface area contributed by atoms with Crippen LogP contribution in [0.1, 0.15) is 107 Å². The molecule has 6 atom stereocenters. The number of carbonyl (C=O) groups excluding carboxylic acids is 5. The average molecular weight is 680 g/mol. The lowest BCUT2D eigenvalue weighted by Gasteiger charge is -2.38. The molecule has 5 N–H and O–H groups in total. The number of carbonyl (C=O) groups is 5. The number of nitrogens with one attached hydrogen (secondary N) is 3. The van der Waals surface area contributed by atoms with Crippen molar-refractivity contribution in [3.63, 3.8) is 0 Å². The molecule has 1 aliphatic heterocycles. The van der Waals surface area contributed by atoms with Gasteiger partial charge in [-0.25, -0.2) is 13.2 Å². The first-order valence-corrected chi connectivity index (χ1v) is 18.9. The third-order valence-corrected chi connectivity index (χ3v) is 13.8. The van der Waals surface area contributed by atoms with Crippen LogP contribution in [0.25, 0.3) is 0 Å². The molecule has 4 rings (SSSR count). The fraction of sp³-hybridized carbons (Fsp3) is 0.853. The summed E-state index contributed by atoms with van der Waals surface area (Å²) in [6.07, 6.45) is 6.78. The zero-order valence-corrected chi connectivity index (χ0v) is 30.3. The van der Waals surface area contributed by atoms with Crippen molar-refractivity contribution in [1.82, 2.24) is 20.9 Å². The van der Waals surface area contributed by atoms with Gasteiger partial charge in [-0.3, -0.25) is 19.2 Å². The summed E-state index contributed by atoms with van der Waals surface area (Å²) in [7, 11) is -3.55. The number of primary amides is 1. The van der Waals surface area contributed by atoms with Gasteiger partial charge in [-0.15, -0.1) is 0 Å². The standard InChI is InChI=1S/C34H57N5O7S/c1-32(2,3)27(38-31(44)37-23(20-12-10-9-11-13-20)18-47(45,46)33(4,5)6)30(43)39-17-21-24(34(21,7)8)25(39)29(42)36-22(16-19-14-15-19)26(40)28(35)41/h19-25,27H,9-18H2,1-8H3,(H2,35,41)(H,36,42)(H2,37,38,44)/t21-,22?,23+,24-,25-,27+/m0/s1. The van der Waals surface area contributed by atoms with Crippen LogP contribution >= 0.6 is 0 Å². The Bertz CT molecular complexity index is 1360. The van der Waals surface area contributed by atoms with Crippen molar-refractivity contribution < 1.29 is 32.4 Å². The summed E-state index contributed by atoms with van der Waals surface area (Å²) >= 11 is 0. The Hall–Kier alpha value is -2.70. The first-order valence-electron chi connectivity index (χ1n) is 17.3. The number of nitrogens with zero attached hydrogens (tertiary/aromatic N) is 1. The van der Waals surface area contributed by atoms with Crippen LogP contribution in [0.2, 0.25) is 0 Å². The van der Waals surface area contributed by atoms with E-state index in [2.05, 4.69) is 16.0 Å². The summed E-state index contributed by atoms with van der Waals surface area (Å²) in [6.45, 7) is 14.8. The third-order valence-electron chi connectivity index (χ3n) is 11.2. The molecule has 0 aromatic rings. The van der Waals surface area contributed by atoms with Crippen LogP contribution in [0.4, 0.5) is 4.79 Å². The SMILES string of the molecule is CC(C)(C)[C@H](NC(=O)N[C@H](CS(=O)(=O)C(C)(C)C)C1CCCCC1)C(=O)N1C[C@H]2[C@@H]([C@H]1C(=O)NC(CC1CC1)C(=O)C(N)=O)C2(C)C. The minimum absolute atomic E-state index is 0.00288. The zero-order valence-electron chi connectivity index (χ0n) is 29.5. The maximum atomic E-state index is 14.3. The maximum absolute atomic E-state index is 14.3. The van der Waals surface area contributed by atoms with Gasteiger partial charge in [0, 0.05) is 12.6 Å². The highest BCUT2D eigenvalue weighted by Crippen LogP contribution is 2.65. The van der Waals surface area contributed by atoms with Crippen LogP contribution in [-0.4, -0.2) is 84.1 Å². The van der Waals surface area contributed by atoms with Gasteiger partial charge in [-0.1, -0.05) is 66.7 Å². The van der Waals surface area contributed by atoms with Crippen molar-refractivity contribution >= 4 is 39.4 Å². The number of urea groups is 1. The molecular weight excluding hydrogens is 622 g/mol. The van der Waals surface area contributed by atoms with Gasteiger partial charge in [0.05, 0.1) is 16.5 Å². The molecule has 0 spiro atoms. The molecule has 1 heterocycles. The van der Waals surface area contributed by atoms with Crippen LogP contribution in [0.5, 0.6) is 0 Å². The highest BCUT2D eigenvalue weighted by Gasteiger charge is 2.70.